The molecule has 0 fully saturated rings. The largest absolute Gasteiger partial charge is 0.480 e. The normalized spacial score (nSPS) is 9.80. The van der Waals surface area contributed by atoms with Crippen LogP contribution in [0.15, 0.2) is 30.3 Å². The highest BCUT2D eigenvalue weighted by Gasteiger charge is 2.03. The zero-order valence-corrected chi connectivity index (χ0v) is 8.10. The molecular formula is C12H10N2O. The summed E-state index contributed by atoms with van der Waals surface area (Å²) < 4.78 is 5.39. The van der Waals surface area contributed by atoms with Gasteiger partial charge in [0.2, 0.25) is 0 Å². The lowest BCUT2D eigenvalue weighted by Crippen LogP contribution is -1.98. The maximum atomic E-state index is 5.65. The van der Waals surface area contributed by atoms with Crippen LogP contribution in [0, 0.1) is 12.3 Å². The molecular weight excluding hydrogens is 188 g/mol. The Morgan fingerprint density at radius 3 is 3.00 bits per heavy atom. The maximum absolute atomic E-state index is 5.65. The predicted octanol–water partition coefficient (Wildman–Crippen LogP) is 1.83. The van der Waals surface area contributed by atoms with E-state index in [1.807, 2.05) is 24.3 Å². The molecule has 2 N–H and O–H groups in total. The van der Waals surface area contributed by atoms with Crippen molar-refractivity contribution in [2.45, 2.75) is 0 Å². The van der Waals surface area contributed by atoms with Crippen LogP contribution in [0.1, 0.15) is 0 Å². The van der Waals surface area contributed by atoms with Gasteiger partial charge in [0.15, 0.2) is 0 Å². The lowest BCUT2D eigenvalue weighted by molar-refractivity contribution is 0.375. The number of aromatic nitrogens is 1. The van der Waals surface area contributed by atoms with E-state index in [-0.39, 0.29) is 6.61 Å². The van der Waals surface area contributed by atoms with Crippen LogP contribution in [0.2, 0.25) is 0 Å². The highest BCUT2D eigenvalue weighted by molar-refractivity contribution is 5.86. The van der Waals surface area contributed by atoms with E-state index in [2.05, 4.69) is 10.9 Å². The molecule has 0 aliphatic carbocycles. The number of fused-ring (bicyclic) bond motifs is 1. The molecule has 2 rings (SSSR count). The molecule has 0 bridgehead atoms. The molecule has 1 aromatic carbocycles. The fourth-order valence-electron chi connectivity index (χ4n) is 1.40. The average Bonchev–Trinajstić information content (AvgIpc) is 2.25. The summed E-state index contributed by atoms with van der Waals surface area (Å²) in [7, 11) is 0. The first-order valence-corrected chi connectivity index (χ1v) is 4.53. The summed E-state index contributed by atoms with van der Waals surface area (Å²) in [5.41, 5.74) is 6.46. The number of nitrogen functional groups attached to an aromatic ring is 1. The van der Waals surface area contributed by atoms with Gasteiger partial charge in [0.1, 0.15) is 18.2 Å². The van der Waals surface area contributed by atoms with Gasteiger partial charge in [-0.1, -0.05) is 18.1 Å². The van der Waals surface area contributed by atoms with Crippen molar-refractivity contribution in [3.05, 3.63) is 30.3 Å². The molecule has 15 heavy (non-hydrogen) atoms. The third-order valence-electron chi connectivity index (χ3n) is 2.01. The Bertz CT molecular complexity index is 529. The molecule has 3 heteroatoms. The van der Waals surface area contributed by atoms with Crippen LogP contribution in [0.25, 0.3) is 10.9 Å². The standard InChI is InChI=1S/C12H10N2O/c1-2-7-15-11-8-12(13)14-10-6-4-3-5-9(10)11/h1,3-6,8H,7H2,(H2,13,14). The zero-order chi connectivity index (χ0) is 10.7. The second kappa shape index (κ2) is 3.89. The molecule has 0 aliphatic heterocycles. The summed E-state index contributed by atoms with van der Waals surface area (Å²) in [6.07, 6.45) is 5.14. The van der Waals surface area contributed by atoms with E-state index < -0.39 is 0 Å². The van der Waals surface area contributed by atoms with Crippen LogP contribution in [0.4, 0.5) is 5.82 Å². The maximum Gasteiger partial charge on any atom is 0.148 e. The first-order chi connectivity index (χ1) is 7.31. The first kappa shape index (κ1) is 9.35. The number of nitrogens with two attached hydrogens (primary N) is 1. The number of terminal acetylenes is 1. The highest BCUT2D eigenvalue weighted by atomic mass is 16.5. The summed E-state index contributed by atoms with van der Waals surface area (Å²) in [4.78, 5) is 4.19. The summed E-state index contributed by atoms with van der Waals surface area (Å²) in [6.45, 7) is 0.230. The van der Waals surface area contributed by atoms with Crippen molar-refractivity contribution in [2.24, 2.45) is 0 Å². The van der Waals surface area contributed by atoms with E-state index in [4.69, 9.17) is 16.9 Å². The van der Waals surface area contributed by atoms with Crippen LogP contribution >= 0.6 is 0 Å². The second-order valence-electron chi connectivity index (χ2n) is 3.06. The second-order valence-corrected chi connectivity index (χ2v) is 3.06. The van der Waals surface area contributed by atoms with Gasteiger partial charge in [-0.25, -0.2) is 4.98 Å². The SMILES string of the molecule is C#CCOc1cc(N)nc2ccccc12. The van der Waals surface area contributed by atoms with Crippen molar-refractivity contribution in [3.63, 3.8) is 0 Å². The zero-order valence-electron chi connectivity index (χ0n) is 8.10. The third kappa shape index (κ3) is 1.84. The Morgan fingerprint density at radius 2 is 2.20 bits per heavy atom. The topological polar surface area (TPSA) is 48.1 Å². The summed E-state index contributed by atoms with van der Waals surface area (Å²) in [5.74, 6) is 3.53. The van der Waals surface area contributed by atoms with Gasteiger partial charge < -0.3 is 10.5 Å². The monoisotopic (exact) mass is 198 g/mol. The number of pyridine rings is 1. The first-order valence-electron chi connectivity index (χ1n) is 4.53. The molecule has 0 radical (unpaired) electrons. The van der Waals surface area contributed by atoms with E-state index in [1.54, 1.807) is 6.07 Å². The molecule has 2 aromatic rings. The summed E-state index contributed by atoms with van der Waals surface area (Å²) >= 11 is 0. The number of rotatable bonds is 2. The van der Waals surface area contributed by atoms with Gasteiger partial charge in [-0.15, -0.1) is 6.42 Å². The number of nitrogens with zero attached hydrogens (tertiary/aromatic N) is 1. The Balaban J connectivity index is 2.56. The van der Waals surface area contributed by atoms with Gasteiger partial charge in [0.05, 0.1) is 5.52 Å². The molecule has 0 unspecified atom stereocenters. The highest BCUT2D eigenvalue weighted by Crippen LogP contribution is 2.25. The van der Waals surface area contributed by atoms with Crippen molar-refractivity contribution in [3.8, 4) is 18.1 Å². The lowest BCUT2D eigenvalue weighted by atomic mass is 10.2. The summed E-state index contributed by atoms with van der Waals surface area (Å²) in [6, 6.07) is 9.31. The van der Waals surface area contributed by atoms with E-state index in [1.165, 1.54) is 0 Å². The van der Waals surface area contributed by atoms with Crippen molar-refractivity contribution in [2.75, 3.05) is 12.3 Å². The van der Waals surface area contributed by atoms with Crippen LogP contribution in [-0.4, -0.2) is 11.6 Å². The fourth-order valence-corrected chi connectivity index (χ4v) is 1.40. The minimum atomic E-state index is 0.230. The average molecular weight is 198 g/mol. The molecule has 74 valence electrons. The number of anilines is 1. The lowest BCUT2D eigenvalue weighted by Gasteiger charge is -2.07. The molecule has 0 atom stereocenters. The summed E-state index contributed by atoms with van der Waals surface area (Å²) in [5, 5.41) is 0.918. The smallest absolute Gasteiger partial charge is 0.148 e. The van der Waals surface area contributed by atoms with Gasteiger partial charge >= 0.3 is 0 Å². The van der Waals surface area contributed by atoms with Crippen LogP contribution in [-0.2, 0) is 0 Å². The number of benzene rings is 1. The molecule has 1 aromatic heterocycles. The number of ether oxygens (including phenoxy) is 1. The number of hydrogen-bond acceptors (Lipinski definition) is 3. The molecule has 1 heterocycles. The van der Waals surface area contributed by atoms with Crippen LogP contribution in [0.5, 0.6) is 5.75 Å². The Labute approximate surface area is 87.9 Å². The van der Waals surface area contributed by atoms with Gasteiger partial charge in [-0.3, -0.25) is 0 Å². The molecule has 0 amide bonds. The molecule has 0 aliphatic rings. The van der Waals surface area contributed by atoms with Crippen molar-refractivity contribution >= 4 is 16.7 Å². The van der Waals surface area contributed by atoms with E-state index in [9.17, 15) is 0 Å². The molecule has 3 nitrogen and oxygen atoms in total. The van der Waals surface area contributed by atoms with Crippen molar-refractivity contribution in [1.29, 1.82) is 0 Å². The van der Waals surface area contributed by atoms with Gasteiger partial charge in [0.25, 0.3) is 0 Å². The Kier molecular flexibility index (Phi) is 2.42. The third-order valence-corrected chi connectivity index (χ3v) is 2.01. The van der Waals surface area contributed by atoms with Crippen LogP contribution < -0.4 is 10.5 Å². The fraction of sp³-hybridized carbons (Fsp3) is 0.0833. The minimum Gasteiger partial charge on any atom is -0.480 e. The predicted molar refractivity (Wildman–Crippen MR) is 60.5 cm³/mol. The molecule has 0 spiro atoms. The van der Waals surface area contributed by atoms with Gasteiger partial charge in [0, 0.05) is 11.5 Å². The number of para-hydroxylation sites is 1. The van der Waals surface area contributed by atoms with Gasteiger partial charge in [-0.05, 0) is 12.1 Å². The van der Waals surface area contributed by atoms with Crippen molar-refractivity contribution in [1.82, 2.24) is 4.98 Å². The van der Waals surface area contributed by atoms with E-state index in [0.717, 1.165) is 10.9 Å². The number of hydrogen-bond donors (Lipinski definition) is 1. The van der Waals surface area contributed by atoms with E-state index in [0.29, 0.717) is 11.6 Å². The van der Waals surface area contributed by atoms with E-state index >= 15 is 0 Å². The van der Waals surface area contributed by atoms with Crippen LogP contribution in [0.3, 0.4) is 0 Å². The quantitative estimate of drug-likeness (QED) is 0.749. The Morgan fingerprint density at radius 1 is 1.40 bits per heavy atom. The molecule has 0 saturated heterocycles. The minimum absolute atomic E-state index is 0.230. The van der Waals surface area contributed by atoms with Gasteiger partial charge in [-0.2, -0.15) is 0 Å². The van der Waals surface area contributed by atoms with Crippen molar-refractivity contribution < 1.29 is 4.74 Å². The Hall–Kier alpha value is -2.21. The molecule has 0 saturated carbocycles.